The van der Waals surface area contributed by atoms with Crippen molar-refractivity contribution in [3.8, 4) is 0 Å². The highest BCUT2D eigenvalue weighted by Gasteiger charge is 2.29. The van der Waals surface area contributed by atoms with Crippen LogP contribution >= 0.6 is 28.3 Å². The molecule has 3 atom stereocenters. The molecule has 1 aliphatic heterocycles. The van der Waals surface area contributed by atoms with Crippen LogP contribution in [0.3, 0.4) is 0 Å². The highest BCUT2D eigenvalue weighted by atomic mass is 79.9. The largest absolute Gasteiger partial charge is 0.347 e. The fourth-order valence-electron chi connectivity index (χ4n) is 2.51. The molecule has 1 aromatic rings. The van der Waals surface area contributed by atoms with Crippen molar-refractivity contribution in [3.63, 3.8) is 0 Å². The van der Waals surface area contributed by atoms with E-state index in [0.29, 0.717) is 10.4 Å². The van der Waals surface area contributed by atoms with Crippen molar-refractivity contribution in [1.82, 2.24) is 10.6 Å². The van der Waals surface area contributed by atoms with Crippen LogP contribution in [0.4, 0.5) is 4.39 Å². The molecule has 2 rings (SSSR count). The third kappa shape index (κ3) is 3.93. The molecule has 1 saturated heterocycles. The second-order valence-electron chi connectivity index (χ2n) is 5.13. The zero-order valence-corrected chi connectivity index (χ0v) is 13.9. The van der Waals surface area contributed by atoms with Crippen molar-refractivity contribution in [1.29, 1.82) is 0 Å². The van der Waals surface area contributed by atoms with E-state index in [1.807, 2.05) is 6.92 Å². The Labute approximate surface area is 133 Å². The lowest BCUT2D eigenvalue weighted by Crippen LogP contribution is -2.56. The minimum absolute atomic E-state index is 0. The minimum atomic E-state index is -0.504. The predicted octanol–water partition coefficient (Wildman–Crippen LogP) is 3.13. The van der Waals surface area contributed by atoms with Gasteiger partial charge >= 0.3 is 0 Å². The van der Waals surface area contributed by atoms with Gasteiger partial charge in [0.05, 0.1) is 5.56 Å². The van der Waals surface area contributed by atoms with Gasteiger partial charge in [0.25, 0.3) is 5.91 Å². The van der Waals surface area contributed by atoms with Gasteiger partial charge in [-0.05, 0) is 44.0 Å². The van der Waals surface area contributed by atoms with Crippen molar-refractivity contribution in [2.75, 3.05) is 6.54 Å². The van der Waals surface area contributed by atoms with Gasteiger partial charge < -0.3 is 10.6 Å². The molecule has 1 fully saturated rings. The van der Waals surface area contributed by atoms with Gasteiger partial charge in [-0.25, -0.2) is 4.39 Å². The van der Waals surface area contributed by atoms with E-state index in [0.717, 1.165) is 13.0 Å². The minimum Gasteiger partial charge on any atom is -0.347 e. The van der Waals surface area contributed by atoms with Crippen LogP contribution in [0.15, 0.2) is 22.7 Å². The Hall–Kier alpha value is -0.650. The van der Waals surface area contributed by atoms with Gasteiger partial charge in [0.1, 0.15) is 5.82 Å². The molecule has 1 amide bonds. The van der Waals surface area contributed by atoms with E-state index < -0.39 is 5.82 Å². The normalized spacial score (nSPS) is 25.7. The second-order valence-corrected chi connectivity index (χ2v) is 6.05. The van der Waals surface area contributed by atoms with E-state index in [1.54, 1.807) is 6.07 Å². The summed E-state index contributed by atoms with van der Waals surface area (Å²) in [4.78, 5) is 12.1. The van der Waals surface area contributed by atoms with Crippen LogP contribution in [0, 0.1) is 11.7 Å². The van der Waals surface area contributed by atoms with Crippen LogP contribution in [-0.4, -0.2) is 24.5 Å². The zero-order chi connectivity index (χ0) is 14.0. The summed E-state index contributed by atoms with van der Waals surface area (Å²) in [6.45, 7) is 5.11. The van der Waals surface area contributed by atoms with Gasteiger partial charge in [-0.3, -0.25) is 4.79 Å². The lowest BCUT2D eigenvalue weighted by atomic mass is 9.89. The summed E-state index contributed by atoms with van der Waals surface area (Å²) in [5.74, 6) is -0.466. The topological polar surface area (TPSA) is 41.1 Å². The molecule has 0 spiro atoms. The summed E-state index contributed by atoms with van der Waals surface area (Å²) >= 11 is 3.18. The van der Waals surface area contributed by atoms with Gasteiger partial charge in [0.2, 0.25) is 0 Å². The number of piperidine rings is 1. The van der Waals surface area contributed by atoms with Crippen LogP contribution in [0.1, 0.15) is 30.6 Å². The lowest BCUT2D eigenvalue weighted by Gasteiger charge is -2.36. The maximum absolute atomic E-state index is 13.7. The standard InChI is InChI=1S/C14H18BrFN2O.ClH/c1-8-5-6-17-9(2)13(8)18-14(19)11-4-3-10(15)7-12(11)16;/h3-4,7-9,13,17H,5-6H2,1-2H3,(H,18,19);1H. The van der Waals surface area contributed by atoms with Gasteiger partial charge in [-0.1, -0.05) is 22.9 Å². The number of carbonyl (C=O) groups is 1. The average molecular weight is 366 g/mol. The van der Waals surface area contributed by atoms with Crippen LogP contribution < -0.4 is 10.6 Å². The molecule has 112 valence electrons. The Morgan fingerprint density at radius 1 is 1.45 bits per heavy atom. The van der Waals surface area contributed by atoms with Crippen molar-refractivity contribution >= 4 is 34.2 Å². The molecule has 3 unspecified atom stereocenters. The van der Waals surface area contributed by atoms with Crippen LogP contribution in [0.25, 0.3) is 0 Å². The first-order chi connectivity index (χ1) is 8.99. The van der Waals surface area contributed by atoms with E-state index in [-0.39, 0.29) is 36.0 Å². The van der Waals surface area contributed by atoms with E-state index in [9.17, 15) is 9.18 Å². The Bertz CT molecular complexity index is 476. The summed E-state index contributed by atoms with van der Waals surface area (Å²) in [7, 11) is 0. The van der Waals surface area contributed by atoms with Crippen LogP contribution in [-0.2, 0) is 0 Å². The number of hydrogen-bond acceptors (Lipinski definition) is 2. The molecule has 0 aliphatic carbocycles. The van der Waals surface area contributed by atoms with Crippen LogP contribution in [0.2, 0.25) is 0 Å². The summed E-state index contributed by atoms with van der Waals surface area (Å²) in [6.07, 6.45) is 1.01. The SMILES string of the molecule is CC1CCNC(C)C1NC(=O)c1ccc(Br)cc1F.Cl. The third-order valence-electron chi connectivity index (χ3n) is 3.69. The molecule has 1 aromatic carbocycles. The maximum Gasteiger partial charge on any atom is 0.254 e. The summed E-state index contributed by atoms with van der Waals surface area (Å²) in [6, 6.07) is 4.71. The van der Waals surface area contributed by atoms with Crippen molar-refractivity contribution in [3.05, 3.63) is 34.1 Å². The van der Waals surface area contributed by atoms with E-state index >= 15 is 0 Å². The maximum atomic E-state index is 13.7. The Morgan fingerprint density at radius 2 is 2.15 bits per heavy atom. The highest BCUT2D eigenvalue weighted by molar-refractivity contribution is 9.10. The number of nitrogens with one attached hydrogen (secondary N) is 2. The van der Waals surface area contributed by atoms with Crippen molar-refractivity contribution < 1.29 is 9.18 Å². The fourth-order valence-corrected chi connectivity index (χ4v) is 2.84. The van der Waals surface area contributed by atoms with Gasteiger partial charge in [0, 0.05) is 16.6 Å². The first-order valence-electron chi connectivity index (χ1n) is 6.48. The van der Waals surface area contributed by atoms with Gasteiger partial charge in [0.15, 0.2) is 0 Å². The molecule has 3 nitrogen and oxygen atoms in total. The Morgan fingerprint density at radius 3 is 2.75 bits per heavy atom. The van der Waals surface area contributed by atoms with E-state index in [1.165, 1.54) is 12.1 Å². The first kappa shape index (κ1) is 17.4. The molecule has 20 heavy (non-hydrogen) atoms. The lowest BCUT2D eigenvalue weighted by molar-refractivity contribution is 0.0893. The van der Waals surface area contributed by atoms with Crippen molar-refractivity contribution in [2.24, 2.45) is 5.92 Å². The number of rotatable bonds is 2. The number of amides is 1. The smallest absolute Gasteiger partial charge is 0.254 e. The zero-order valence-electron chi connectivity index (χ0n) is 11.5. The molecule has 6 heteroatoms. The number of benzene rings is 1. The quantitative estimate of drug-likeness (QED) is 0.845. The van der Waals surface area contributed by atoms with E-state index in [4.69, 9.17) is 0 Å². The Balaban J connectivity index is 0.00000200. The average Bonchev–Trinajstić information content (AvgIpc) is 2.33. The summed E-state index contributed by atoms with van der Waals surface area (Å²) in [5.41, 5.74) is 0.0909. The van der Waals surface area contributed by atoms with E-state index in [2.05, 4.69) is 33.5 Å². The van der Waals surface area contributed by atoms with Gasteiger partial charge in [-0.2, -0.15) is 0 Å². The predicted molar refractivity (Wildman–Crippen MR) is 83.8 cm³/mol. The molecule has 0 aromatic heterocycles. The fraction of sp³-hybridized carbons (Fsp3) is 0.500. The highest BCUT2D eigenvalue weighted by Crippen LogP contribution is 2.19. The molecular formula is C14H19BrClFN2O. The molecular weight excluding hydrogens is 347 g/mol. The third-order valence-corrected chi connectivity index (χ3v) is 4.18. The Kier molecular flexibility index (Phi) is 6.43. The molecule has 1 aliphatic rings. The summed E-state index contributed by atoms with van der Waals surface area (Å²) in [5, 5.41) is 6.27. The molecule has 0 bridgehead atoms. The number of carbonyl (C=O) groups excluding carboxylic acids is 1. The first-order valence-corrected chi connectivity index (χ1v) is 7.27. The van der Waals surface area contributed by atoms with Crippen molar-refractivity contribution in [2.45, 2.75) is 32.4 Å². The summed E-state index contributed by atoms with van der Waals surface area (Å²) < 4.78 is 14.4. The number of hydrogen-bond donors (Lipinski definition) is 2. The second kappa shape index (κ2) is 7.38. The number of halogens is 3. The monoisotopic (exact) mass is 364 g/mol. The molecule has 0 saturated carbocycles. The molecule has 0 radical (unpaired) electrons. The molecule has 1 heterocycles. The van der Waals surface area contributed by atoms with Crippen LogP contribution in [0.5, 0.6) is 0 Å². The molecule has 2 N–H and O–H groups in total. The van der Waals surface area contributed by atoms with Gasteiger partial charge in [-0.15, -0.1) is 12.4 Å².